The monoisotopic (exact) mass is 396 g/mol. The van der Waals surface area contributed by atoms with Gasteiger partial charge in [0.2, 0.25) is 0 Å². The van der Waals surface area contributed by atoms with Crippen molar-refractivity contribution >= 4 is 21.5 Å². The van der Waals surface area contributed by atoms with Gasteiger partial charge in [-0.15, -0.1) is 0 Å². The zero-order valence-electron chi connectivity index (χ0n) is 17.4. The molecule has 0 aliphatic heterocycles. The second-order valence-electron chi connectivity index (χ2n) is 7.12. The van der Waals surface area contributed by atoms with E-state index in [4.69, 9.17) is 18.9 Å². The first-order valence-corrected chi connectivity index (χ1v) is 10.5. The SMILES string of the molecule is COCCOCCOCCOCCCCc1cccc2cc3ccccc3cc12. The van der Waals surface area contributed by atoms with Gasteiger partial charge in [-0.05, 0) is 58.5 Å². The summed E-state index contributed by atoms with van der Waals surface area (Å²) >= 11 is 0. The van der Waals surface area contributed by atoms with Crippen LogP contribution in [0.25, 0.3) is 21.5 Å². The van der Waals surface area contributed by atoms with Gasteiger partial charge in [0.25, 0.3) is 0 Å². The molecule has 0 amide bonds. The van der Waals surface area contributed by atoms with Gasteiger partial charge >= 0.3 is 0 Å². The predicted molar refractivity (Wildman–Crippen MR) is 119 cm³/mol. The first-order chi connectivity index (χ1) is 14.4. The van der Waals surface area contributed by atoms with Crippen LogP contribution in [0.1, 0.15) is 18.4 Å². The van der Waals surface area contributed by atoms with E-state index < -0.39 is 0 Å². The largest absolute Gasteiger partial charge is 0.382 e. The molecule has 4 heteroatoms. The molecule has 0 aliphatic carbocycles. The van der Waals surface area contributed by atoms with Crippen LogP contribution in [-0.2, 0) is 25.4 Å². The quantitative estimate of drug-likeness (QED) is 0.283. The maximum Gasteiger partial charge on any atom is 0.0701 e. The number of hydrogen-bond donors (Lipinski definition) is 0. The third-order valence-electron chi connectivity index (χ3n) is 5.00. The predicted octanol–water partition coefficient (Wildman–Crippen LogP) is 5.01. The van der Waals surface area contributed by atoms with Crippen LogP contribution in [0, 0.1) is 0 Å². The fourth-order valence-corrected chi connectivity index (χ4v) is 3.45. The number of ether oxygens (including phenoxy) is 4. The molecule has 0 saturated carbocycles. The summed E-state index contributed by atoms with van der Waals surface area (Å²) in [7, 11) is 1.67. The third kappa shape index (κ3) is 7.09. The van der Waals surface area contributed by atoms with Gasteiger partial charge in [0.15, 0.2) is 0 Å². The number of methoxy groups -OCH3 is 1. The molecule has 0 radical (unpaired) electrons. The standard InChI is InChI=1S/C25H32O4/c1-26-13-14-28-17-18-29-16-15-27-12-5-4-7-21-10-6-11-24-19-22-8-2-3-9-23(22)20-25(21)24/h2-3,6,8-11,19-20H,4-5,7,12-18H2,1H3. The smallest absolute Gasteiger partial charge is 0.0701 e. The summed E-state index contributed by atoms with van der Waals surface area (Å²) in [6, 6.07) is 19.8. The summed E-state index contributed by atoms with van der Waals surface area (Å²) in [4.78, 5) is 0. The maximum absolute atomic E-state index is 5.68. The lowest BCUT2D eigenvalue weighted by atomic mass is 9.97. The molecular weight excluding hydrogens is 364 g/mol. The van der Waals surface area contributed by atoms with Crippen LogP contribution < -0.4 is 0 Å². The van der Waals surface area contributed by atoms with Crippen LogP contribution in [0.15, 0.2) is 54.6 Å². The summed E-state index contributed by atoms with van der Waals surface area (Å²) in [5, 5.41) is 5.29. The summed E-state index contributed by atoms with van der Waals surface area (Å²) in [5.41, 5.74) is 1.42. The van der Waals surface area contributed by atoms with Crippen LogP contribution in [0.4, 0.5) is 0 Å². The van der Waals surface area contributed by atoms with E-state index in [1.54, 1.807) is 7.11 Å². The van der Waals surface area contributed by atoms with Crippen molar-refractivity contribution in [3.8, 4) is 0 Å². The van der Waals surface area contributed by atoms with Crippen molar-refractivity contribution < 1.29 is 18.9 Å². The Labute approximate surface area is 173 Å². The Morgan fingerprint density at radius 2 is 1.21 bits per heavy atom. The highest BCUT2D eigenvalue weighted by Gasteiger charge is 2.03. The Kier molecular flexibility index (Phi) is 9.40. The summed E-state index contributed by atoms with van der Waals surface area (Å²) in [6.07, 6.45) is 3.26. The van der Waals surface area contributed by atoms with E-state index in [1.807, 2.05) is 0 Å². The molecular formula is C25H32O4. The Hall–Kier alpha value is -1.98. The number of fused-ring (bicyclic) bond motifs is 2. The van der Waals surface area contributed by atoms with Gasteiger partial charge in [-0.1, -0.05) is 42.5 Å². The highest BCUT2D eigenvalue weighted by Crippen LogP contribution is 2.26. The van der Waals surface area contributed by atoms with Crippen LogP contribution in [0.5, 0.6) is 0 Å². The number of rotatable bonds is 14. The van der Waals surface area contributed by atoms with Crippen molar-refractivity contribution in [2.24, 2.45) is 0 Å². The highest BCUT2D eigenvalue weighted by molar-refractivity contribution is 5.99. The minimum absolute atomic E-state index is 0.600. The fraction of sp³-hybridized carbons (Fsp3) is 0.440. The normalized spacial score (nSPS) is 11.5. The molecule has 0 atom stereocenters. The van der Waals surface area contributed by atoms with E-state index in [9.17, 15) is 0 Å². The maximum atomic E-state index is 5.68. The summed E-state index contributed by atoms with van der Waals surface area (Å²) < 4.78 is 21.4. The van der Waals surface area contributed by atoms with Crippen molar-refractivity contribution in [3.63, 3.8) is 0 Å². The lowest BCUT2D eigenvalue weighted by Gasteiger charge is -2.09. The van der Waals surface area contributed by atoms with Crippen LogP contribution in [-0.4, -0.2) is 53.4 Å². The van der Waals surface area contributed by atoms with Crippen molar-refractivity contribution in [1.29, 1.82) is 0 Å². The van der Waals surface area contributed by atoms with E-state index in [1.165, 1.54) is 27.1 Å². The topological polar surface area (TPSA) is 36.9 Å². The van der Waals surface area contributed by atoms with Crippen LogP contribution in [0.3, 0.4) is 0 Å². The molecule has 0 aromatic heterocycles. The van der Waals surface area contributed by atoms with Gasteiger partial charge in [-0.25, -0.2) is 0 Å². The second kappa shape index (κ2) is 12.6. The Balaban J connectivity index is 1.32. The van der Waals surface area contributed by atoms with Crippen LogP contribution >= 0.6 is 0 Å². The van der Waals surface area contributed by atoms with E-state index in [2.05, 4.69) is 54.6 Å². The van der Waals surface area contributed by atoms with E-state index in [0.717, 1.165) is 25.9 Å². The van der Waals surface area contributed by atoms with Gasteiger partial charge in [0, 0.05) is 13.7 Å². The molecule has 3 aromatic rings. The van der Waals surface area contributed by atoms with Crippen LogP contribution in [0.2, 0.25) is 0 Å². The first-order valence-electron chi connectivity index (χ1n) is 10.5. The Bertz CT molecular complexity index is 862. The van der Waals surface area contributed by atoms with Crippen molar-refractivity contribution in [1.82, 2.24) is 0 Å². The summed E-state index contributed by atoms with van der Waals surface area (Å²) in [5.74, 6) is 0. The molecule has 3 aromatic carbocycles. The number of unbranched alkanes of at least 4 members (excludes halogenated alkanes) is 1. The molecule has 3 rings (SSSR count). The van der Waals surface area contributed by atoms with Gasteiger partial charge < -0.3 is 18.9 Å². The number of hydrogen-bond acceptors (Lipinski definition) is 4. The van der Waals surface area contributed by atoms with Crippen molar-refractivity contribution in [2.75, 3.05) is 53.4 Å². The molecule has 156 valence electrons. The van der Waals surface area contributed by atoms with Gasteiger partial charge in [0.05, 0.1) is 39.6 Å². The molecule has 0 spiro atoms. The molecule has 0 fully saturated rings. The highest BCUT2D eigenvalue weighted by atomic mass is 16.6. The van der Waals surface area contributed by atoms with Gasteiger partial charge in [-0.2, -0.15) is 0 Å². The minimum Gasteiger partial charge on any atom is -0.382 e. The Morgan fingerprint density at radius 1 is 0.586 bits per heavy atom. The molecule has 0 bridgehead atoms. The lowest BCUT2D eigenvalue weighted by Crippen LogP contribution is -2.11. The summed E-state index contributed by atoms with van der Waals surface area (Å²) in [6.45, 7) is 4.47. The molecule has 0 unspecified atom stereocenters. The van der Waals surface area contributed by atoms with E-state index in [-0.39, 0.29) is 0 Å². The Morgan fingerprint density at radius 3 is 1.93 bits per heavy atom. The van der Waals surface area contributed by atoms with E-state index in [0.29, 0.717) is 39.6 Å². The lowest BCUT2D eigenvalue weighted by molar-refractivity contribution is 0.00329. The number of aryl methyl sites for hydroxylation is 1. The minimum atomic E-state index is 0.600. The van der Waals surface area contributed by atoms with Gasteiger partial charge in [-0.3, -0.25) is 0 Å². The van der Waals surface area contributed by atoms with Crippen molar-refractivity contribution in [2.45, 2.75) is 19.3 Å². The average molecular weight is 397 g/mol. The molecule has 0 aliphatic rings. The zero-order valence-corrected chi connectivity index (χ0v) is 17.4. The van der Waals surface area contributed by atoms with E-state index >= 15 is 0 Å². The fourth-order valence-electron chi connectivity index (χ4n) is 3.45. The molecule has 0 saturated heterocycles. The molecule has 0 heterocycles. The zero-order chi connectivity index (χ0) is 20.2. The average Bonchev–Trinajstić information content (AvgIpc) is 2.75. The molecule has 4 nitrogen and oxygen atoms in total. The molecule has 0 N–H and O–H groups in total. The molecule has 29 heavy (non-hydrogen) atoms. The van der Waals surface area contributed by atoms with Gasteiger partial charge in [0.1, 0.15) is 0 Å². The first kappa shape index (κ1) is 21.7. The third-order valence-corrected chi connectivity index (χ3v) is 5.00. The van der Waals surface area contributed by atoms with Crippen molar-refractivity contribution in [3.05, 3.63) is 60.2 Å². The second-order valence-corrected chi connectivity index (χ2v) is 7.12. The number of benzene rings is 3.